The van der Waals surface area contributed by atoms with Gasteiger partial charge >= 0.3 is 0 Å². The Morgan fingerprint density at radius 3 is 2.39 bits per heavy atom. The maximum atomic E-state index is 11.9. The Kier molecular flexibility index (Phi) is 4.22. The molecule has 0 atom stereocenters. The first kappa shape index (κ1) is 13.7. The minimum Gasteiger partial charge on any atom is -0.199 e. The van der Waals surface area contributed by atoms with Crippen molar-refractivity contribution in [2.75, 3.05) is 0 Å². The zero-order chi connectivity index (χ0) is 13.2. The highest BCUT2D eigenvalue weighted by molar-refractivity contribution is 9.11. The van der Waals surface area contributed by atoms with Crippen LogP contribution in [0.3, 0.4) is 0 Å². The number of rotatable bonds is 3. The lowest BCUT2D eigenvalue weighted by molar-refractivity contribution is 0.598. The van der Waals surface area contributed by atoms with Gasteiger partial charge in [-0.05, 0) is 38.3 Å². The molecule has 1 aliphatic rings. The molecular formula is C13H11BrNO2S. The normalized spacial score (nSPS) is 18.8. The minimum absolute atomic E-state index is 0.201. The van der Waals surface area contributed by atoms with Gasteiger partial charge in [0.15, 0.2) is 0 Å². The van der Waals surface area contributed by atoms with Crippen LogP contribution in [0.15, 0.2) is 33.6 Å². The lowest BCUT2D eigenvalue weighted by Gasteiger charge is -2.05. The number of benzene rings is 1. The van der Waals surface area contributed by atoms with Gasteiger partial charge in [0, 0.05) is 12.1 Å². The summed E-state index contributed by atoms with van der Waals surface area (Å²) in [7, 11) is -3.62. The predicted octanol–water partition coefficient (Wildman–Crippen LogP) is 2.88. The quantitative estimate of drug-likeness (QED) is 0.802. The molecule has 0 spiro atoms. The smallest absolute Gasteiger partial charge is 0.199 e. The highest BCUT2D eigenvalue weighted by atomic mass is 79.9. The van der Waals surface area contributed by atoms with Crippen molar-refractivity contribution in [3.8, 4) is 0 Å². The van der Waals surface area contributed by atoms with E-state index in [0.29, 0.717) is 0 Å². The molecule has 0 aliphatic heterocycles. The second kappa shape index (κ2) is 5.53. The van der Waals surface area contributed by atoms with Gasteiger partial charge in [0.1, 0.15) is 0 Å². The van der Waals surface area contributed by atoms with E-state index in [2.05, 4.69) is 20.3 Å². The fourth-order valence-corrected chi connectivity index (χ4v) is 2.66. The molecule has 0 bridgehead atoms. The number of sulfonamides is 1. The SMILES string of the molecule is Cc1ccc(S(=O)(=O)/N=C/[C]2[CH][CH][CH][C]2Br)cc1. The van der Waals surface area contributed by atoms with Gasteiger partial charge in [-0.1, -0.05) is 33.6 Å². The standard InChI is InChI=1S/C13H11BrNO2S/c1-10-5-7-12(8-6-10)18(16,17)15-9-11-3-2-4-13(11)14/h2-9H,1H3/b15-9+. The largest absolute Gasteiger partial charge is 0.281 e. The molecule has 0 N–H and O–H groups in total. The summed E-state index contributed by atoms with van der Waals surface area (Å²) in [5.41, 5.74) is 1.01. The Labute approximate surface area is 117 Å². The van der Waals surface area contributed by atoms with Gasteiger partial charge in [-0.15, -0.1) is 0 Å². The van der Waals surface area contributed by atoms with Gasteiger partial charge in [0.25, 0.3) is 10.0 Å². The van der Waals surface area contributed by atoms with Crippen LogP contribution in [-0.4, -0.2) is 14.6 Å². The van der Waals surface area contributed by atoms with Crippen LogP contribution in [0.5, 0.6) is 0 Å². The molecular weight excluding hydrogens is 314 g/mol. The van der Waals surface area contributed by atoms with Crippen LogP contribution in [0.4, 0.5) is 0 Å². The molecule has 18 heavy (non-hydrogen) atoms. The van der Waals surface area contributed by atoms with Crippen molar-refractivity contribution >= 4 is 32.2 Å². The topological polar surface area (TPSA) is 46.5 Å². The van der Waals surface area contributed by atoms with Crippen molar-refractivity contribution in [2.24, 2.45) is 4.40 Å². The molecule has 1 fully saturated rings. The van der Waals surface area contributed by atoms with Crippen LogP contribution in [0, 0.1) is 36.9 Å². The maximum Gasteiger partial charge on any atom is 0.281 e. The lowest BCUT2D eigenvalue weighted by Crippen LogP contribution is -2.03. The van der Waals surface area contributed by atoms with Gasteiger partial charge in [-0.25, -0.2) is 0 Å². The van der Waals surface area contributed by atoms with Crippen LogP contribution in [0.2, 0.25) is 0 Å². The summed E-state index contributed by atoms with van der Waals surface area (Å²) in [5.74, 6) is 0.741. The van der Waals surface area contributed by atoms with E-state index in [1.807, 2.05) is 19.8 Å². The number of halogens is 1. The minimum atomic E-state index is -3.62. The molecule has 2 rings (SSSR count). The zero-order valence-electron chi connectivity index (χ0n) is 9.67. The third-order valence-corrected chi connectivity index (χ3v) is 4.42. The molecule has 0 aromatic heterocycles. The number of hydrogen-bond donors (Lipinski definition) is 0. The first-order chi connectivity index (χ1) is 8.49. The average molecular weight is 325 g/mol. The van der Waals surface area contributed by atoms with Crippen LogP contribution in [0.25, 0.3) is 0 Å². The van der Waals surface area contributed by atoms with E-state index in [9.17, 15) is 8.42 Å². The molecule has 0 unspecified atom stereocenters. The first-order valence-electron chi connectivity index (χ1n) is 5.27. The summed E-state index contributed by atoms with van der Waals surface area (Å²) < 4.78 is 27.6. The van der Waals surface area contributed by atoms with Crippen molar-refractivity contribution in [1.82, 2.24) is 0 Å². The van der Waals surface area contributed by atoms with E-state index in [1.54, 1.807) is 30.7 Å². The first-order valence-corrected chi connectivity index (χ1v) is 7.50. The van der Waals surface area contributed by atoms with Crippen LogP contribution in [-0.2, 0) is 10.0 Å². The Hall–Kier alpha value is -0.680. The Morgan fingerprint density at radius 1 is 1.17 bits per heavy atom. The number of nitrogens with zero attached hydrogens (tertiary/aromatic N) is 1. The van der Waals surface area contributed by atoms with E-state index < -0.39 is 10.0 Å². The summed E-state index contributed by atoms with van der Waals surface area (Å²) in [5, 5.41) is 0. The molecule has 0 amide bonds. The fraction of sp³-hybridized carbons (Fsp3) is 0.0769. The summed E-state index contributed by atoms with van der Waals surface area (Å²) >= 11 is 3.31. The lowest BCUT2D eigenvalue weighted by atomic mass is 10.1. The Bertz CT molecular complexity index is 537. The number of hydrogen-bond acceptors (Lipinski definition) is 2. The van der Waals surface area contributed by atoms with Gasteiger partial charge in [-0.2, -0.15) is 12.8 Å². The predicted molar refractivity (Wildman–Crippen MR) is 75.2 cm³/mol. The summed E-state index contributed by atoms with van der Waals surface area (Å²) in [4.78, 5) is 1.03. The van der Waals surface area contributed by atoms with E-state index >= 15 is 0 Å². The van der Waals surface area contributed by atoms with Crippen molar-refractivity contribution in [3.63, 3.8) is 0 Å². The molecule has 5 heteroatoms. The van der Waals surface area contributed by atoms with Gasteiger partial charge in [0.2, 0.25) is 0 Å². The van der Waals surface area contributed by atoms with Crippen molar-refractivity contribution < 1.29 is 8.42 Å². The van der Waals surface area contributed by atoms with E-state index in [0.717, 1.165) is 16.3 Å². The van der Waals surface area contributed by atoms with E-state index in [4.69, 9.17) is 0 Å². The zero-order valence-corrected chi connectivity index (χ0v) is 12.1. The van der Waals surface area contributed by atoms with Gasteiger partial charge in [-0.3, -0.25) is 0 Å². The third kappa shape index (κ3) is 3.20. The van der Waals surface area contributed by atoms with Crippen LogP contribution in [0.1, 0.15) is 5.56 Å². The molecule has 0 saturated heterocycles. The monoisotopic (exact) mass is 324 g/mol. The molecule has 1 aromatic carbocycles. The number of aryl methyl sites for hydroxylation is 1. The summed E-state index contributed by atoms with van der Waals surface area (Å²) in [6.07, 6.45) is 6.79. The molecule has 5 radical (unpaired) electrons. The highest BCUT2D eigenvalue weighted by Crippen LogP contribution is 2.36. The molecule has 1 aromatic rings. The van der Waals surface area contributed by atoms with Crippen LogP contribution >= 0.6 is 15.9 Å². The van der Waals surface area contributed by atoms with Crippen molar-refractivity contribution in [1.29, 1.82) is 0 Å². The van der Waals surface area contributed by atoms with E-state index in [-0.39, 0.29) is 4.90 Å². The summed E-state index contributed by atoms with van der Waals surface area (Å²) in [6.45, 7) is 1.90. The third-order valence-electron chi connectivity index (χ3n) is 2.44. The Balaban J connectivity index is 2.16. The maximum absolute atomic E-state index is 11.9. The highest BCUT2D eigenvalue weighted by Gasteiger charge is 2.26. The molecule has 1 saturated carbocycles. The van der Waals surface area contributed by atoms with Crippen LogP contribution < -0.4 is 0 Å². The van der Waals surface area contributed by atoms with Gasteiger partial charge < -0.3 is 0 Å². The van der Waals surface area contributed by atoms with E-state index in [1.165, 1.54) is 6.21 Å². The molecule has 1 aliphatic carbocycles. The van der Waals surface area contributed by atoms with Gasteiger partial charge in [0.05, 0.1) is 9.72 Å². The van der Waals surface area contributed by atoms with Crippen molar-refractivity contribution in [2.45, 2.75) is 11.8 Å². The molecule has 3 nitrogen and oxygen atoms in total. The average Bonchev–Trinajstić information content (AvgIpc) is 2.73. The molecule has 0 heterocycles. The second-order valence-electron chi connectivity index (χ2n) is 3.85. The van der Waals surface area contributed by atoms with Crippen molar-refractivity contribution in [3.05, 3.63) is 59.8 Å². The second-order valence-corrected chi connectivity index (χ2v) is 6.34. The Morgan fingerprint density at radius 2 is 1.83 bits per heavy atom. The fourth-order valence-electron chi connectivity index (χ4n) is 1.41. The summed E-state index contributed by atoms with van der Waals surface area (Å²) in [6, 6.07) is 6.62. The molecule has 93 valence electrons.